The fourth-order valence-corrected chi connectivity index (χ4v) is 1.63. The van der Waals surface area contributed by atoms with Crippen LogP contribution in [0.3, 0.4) is 0 Å². The van der Waals surface area contributed by atoms with E-state index < -0.39 is 0 Å². The van der Waals surface area contributed by atoms with Gasteiger partial charge in [-0.05, 0) is 43.5 Å². The topological polar surface area (TPSA) is 61.4 Å². The lowest BCUT2D eigenvalue weighted by molar-refractivity contribution is -0.117. The van der Waals surface area contributed by atoms with E-state index in [0.29, 0.717) is 5.92 Å². The summed E-state index contributed by atoms with van der Waals surface area (Å²) in [6, 6.07) is 6.98. The molecule has 0 bridgehead atoms. The van der Waals surface area contributed by atoms with Crippen molar-refractivity contribution in [2.75, 3.05) is 11.9 Å². The molecule has 19 heavy (non-hydrogen) atoms. The average Bonchev–Trinajstić information content (AvgIpc) is 2.39. The first kappa shape index (κ1) is 15.7. The number of amides is 1. The summed E-state index contributed by atoms with van der Waals surface area (Å²) < 4.78 is 0. The van der Waals surface area contributed by atoms with Crippen molar-refractivity contribution >= 4 is 11.6 Å². The van der Waals surface area contributed by atoms with E-state index in [-0.39, 0.29) is 18.6 Å². The SMILES string of the molecule is CC(C)CCN[C@@H](C)C(=O)Nc1ccc(CO)cc1. The van der Waals surface area contributed by atoms with Crippen LogP contribution in [0.5, 0.6) is 0 Å². The van der Waals surface area contributed by atoms with Crippen molar-refractivity contribution in [1.82, 2.24) is 5.32 Å². The molecule has 4 heteroatoms. The number of hydrogen-bond acceptors (Lipinski definition) is 3. The van der Waals surface area contributed by atoms with Gasteiger partial charge in [0.05, 0.1) is 12.6 Å². The van der Waals surface area contributed by atoms with Crippen molar-refractivity contribution in [3.8, 4) is 0 Å². The van der Waals surface area contributed by atoms with Crippen LogP contribution in [0.2, 0.25) is 0 Å². The van der Waals surface area contributed by atoms with E-state index in [0.717, 1.165) is 24.2 Å². The van der Waals surface area contributed by atoms with Crippen LogP contribution in [0.25, 0.3) is 0 Å². The highest BCUT2D eigenvalue weighted by Crippen LogP contribution is 2.09. The van der Waals surface area contributed by atoms with Crippen molar-refractivity contribution in [1.29, 1.82) is 0 Å². The Bertz CT molecular complexity index is 388. The lowest BCUT2D eigenvalue weighted by Gasteiger charge is -2.15. The zero-order chi connectivity index (χ0) is 14.3. The van der Waals surface area contributed by atoms with Gasteiger partial charge in [-0.25, -0.2) is 0 Å². The third kappa shape index (κ3) is 5.85. The summed E-state index contributed by atoms with van der Waals surface area (Å²) in [6.45, 7) is 7.04. The molecule has 0 aliphatic heterocycles. The average molecular weight is 264 g/mol. The molecule has 0 aliphatic rings. The van der Waals surface area contributed by atoms with Gasteiger partial charge in [0, 0.05) is 5.69 Å². The molecule has 0 radical (unpaired) electrons. The monoisotopic (exact) mass is 264 g/mol. The van der Waals surface area contributed by atoms with Crippen LogP contribution in [0, 0.1) is 5.92 Å². The van der Waals surface area contributed by atoms with E-state index in [9.17, 15) is 4.79 Å². The van der Waals surface area contributed by atoms with Gasteiger partial charge in [-0.3, -0.25) is 4.79 Å². The predicted molar refractivity (Wildman–Crippen MR) is 77.9 cm³/mol. The minimum absolute atomic E-state index is 0.0153. The highest BCUT2D eigenvalue weighted by atomic mass is 16.3. The Morgan fingerprint density at radius 1 is 1.21 bits per heavy atom. The normalized spacial score (nSPS) is 12.5. The van der Waals surface area contributed by atoms with Crippen LogP contribution in [-0.4, -0.2) is 23.6 Å². The number of carbonyl (C=O) groups is 1. The molecule has 1 atom stereocenters. The smallest absolute Gasteiger partial charge is 0.241 e. The van der Waals surface area contributed by atoms with E-state index >= 15 is 0 Å². The largest absolute Gasteiger partial charge is 0.392 e. The quantitative estimate of drug-likeness (QED) is 0.707. The van der Waals surface area contributed by atoms with E-state index in [1.165, 1.54) is 0 Å². The maximum absolute atomic E-state index is 11.9. The summed E-state index contributed by atoms with van der Waals surface area (Å²) in [5.41, 5.74) is 1.58. The molecule has 1 amide bonds. The van der Waals surface area contributed by atoms with Crippen molar-refractivity contribution in [3.63, 3.8) is 0 Å². The maximum atomic E-state index is 11.9. The standard InChI is InChI=1S/C15H24N2O2/c1-11(2)8-9-16-12(3)15(19)17-14-6-4-13(10-18)5-7-14/h4-7,11-12,16,18H,8-10H2,1-3H3,(H,17,19)/t12-/m0/s1. The lowest BCUT2D eigenvalue weighted by atomic mass is 10.1. The first-order valence-corrected chi connectivity index (χ1v) is 6.77. The van der Waals surface area contributed by atoms with Gasteiger partial charge in [-0.1, -0.05) is 26.0 Å². The summed E-state index contributed by atoms with van der Waals surface area (Å²) >= 11 is 0. The molecule has 0 fully saturated rings. The van der Waals surface area contributed by atoms with Crippen molar-refractivity contribution in [2.24, 2.45) is 5.92 Å². The second-order valence-electron chi connectivity index (χ2n) is 5.20. The van der Waals surface area contributed by atoms with Gasteiger partial charge in [0.25, 0.3) is 0 Å². The number of nitrogens with one attached hydrogen (secondary N) is 2. The highest BCUT2D eigenvalue weighted by Gasteiger charge is 2.12. The molecule has 0 aliphatic carbocycles. The number of benzene rings is 1. The second-order valence-corrected chi connectivity index (χ2v) is 5.20. The predicted octanol–water partition coefficient (Wildman–Crippen LogP) is 2.14. The van der Waals surface area contributed by atoms with Crippen LogP contribution in [0.4, 0.5) is 5.69 Å². The molecule has 0 heterocycles. The second kappa shape index (κ2) is 7.92. The van der Waals surface area contributed by atoms with Gasteiger partial charge in [-0.15, -0.1) is 0 Å². The summed E-state index contributed by atoms with van der Waals surface area (Å²) in [6.07, 6.45) is 1.06. The number of hydrogen-bond donors (Lipinski definition) is 3. The van der Waals surface area contributed by atoms with E-state index in [1.807, 2.05) is 6.92 Å². The van der Waals surface area contributed by atoms with Crippen molar-refractivity contribution < 1.29 is 9.90 Å². The Morgan fingerprint density at radius 3 is 2.37 bits per heavy atom. The maximum Gasteiger partial charge on any atom is 0.241 e. The van der Waals surface area contributed by atoms with Crippen LogP contribution < -0.4 is 10.6 Å². The lowest BCUT2D eigenvalue weighted by Crippen LogP contribution is -2.38. The van der Waals surface area contributed by atoms with Crippen molar-refractivity contribution in [2.45, 2.75) is 39.8 Å². The fourth-order valence-electron chi connectivity index (χ4n) is 1.63. The van der Waals surface area contributed by atoms with E-state index in [2.05, 4.69) is 24.5 Å². The molecular formula is C15H24N2O2. The molecule has 0 aromatic heterocycles. The molecule has 1 rings (SSSR count). The Hall–Kier alpha value is -1.39. The first-order valence-electron chi connectivity index (χ1n) is 6.77. The molecular weight excluding hydrogens is 240 g/mol. The Kier molecular flexibility index (Phi) is 6.53. The Balaban J connectivity index is 2.40. The minimum Gasteiger partial charge on any atom is -0.392 e. The van der Waals surface area contributed by atoms with E-state index in [1.54, 1.807) is 24.3 Å². The molecule has 1 aromatic carbocycles. The van der Waals surface area contributed by atoms with Crippen molar-refractivity contribution in [3.05, 3.63) is 29.8 Å². The van der Waals surface area contributed by atoms with Gasteiger partial charge >= 0.3 is 0 Å². The number of aliphatic hydroxyl groups is 1. The molecule has 4 nitrogen and oxygen atoms in total. The number of carbonyl (C=O) groups excluding carboxylic acids is 1. The third-order valence-electron chi connectivity index (χ3n) is 2.97. The molecule has 0 saturated heterocycles. The molecule has 1 aromatic rings. The minimum atomic E-state index is -0.212. The summed E-state index contributed by atoms with van der Waals surface area (Å²) in [4.78, 5) is 11.9. The van der Waals surface area contributed by atoms with Gasteiger partial charge < -0.3 is 15.7 Å². The summed E-state index contributed by atoms with van der Waals surface area (Å²) in [5, 5.41) is 15.0. The fraction of sp³-hybridized carbons (Fsp3) is 0.533. The summed E-state index contributed by atoms with van der Waals surface area (Å²) in [7, 11) is 0. The Labute approximate surface area is 115 Å². The van der Waals surface area contributed by atoms with Gasteiger partial charge in [0.2, 0.25) is 5.91 Å². The van der Waals surface area contributed by atoms with Crippen LogP contribution in [0.15, 0.2) is 24.3 Å². The summed E-state index contributed by atoms with van der Waals surface area (Å²) in [5.74, 6) is 0.592. The number of aliphatic hydroxyl groups excluding tert-OH is 1. The van der Waals surface area contributed by atoms with Crippen LogP contribution >= 0.6 is 0 Å². The van der Waals surface area contributed by atoms with E-state index in [4.69, 9.17) is 5.11 Å². The highest BCUT2D eigenvalue weighted by molar-refractivity contribution is 5.94. The Morgan fingerprint density at radius 2 is 1.84 bits per heavy atom. The zero-order valence-electron chi connectivity index (χ0n) is 11.9. The third-order valence-corrected chi connectivity index (χ3v) is 2.97. The molecule has 0 spiro atoms. The first-order chi connectivity index (χ1) is 9.02. The molecule has 0 unspecified atom stereocenters. The van der Waals surface area contributed by atoms with Crippen LogP contribution in [-0.2, 0) is 11.4 Å². The molecule has 0 saturated carbocycles. The van der Waals surface area contributed by atoms with Gasteiger partial charge in [0.15, 0.2) is 0 Å². The van der Waals surface area contributed by atoms with Gasteiger partial charge in [0.1, 0.15) is 0 Å². The number of anilines is 1. The van der Waals surface area contributed by atoms with Crippen LogP contribution in [0.1, 0.15) is 32.8 Å². The molecule has 3 N–H and O–H groups in total. The zero-order valence-corrected chi connectivity index (χ0v) is 11.9. The molecule has 106 valence electrons. The number of rotatable bonds is 7. The van der Waals surface area contributed by atoms with Gasteiger partial charge in [-0.2, -0.15) is 0 Å².